The maximum atomic E-state index is 13.2. The Morgan fingerprint density at radius 3 is 2.59 bits per heavy atom. The molecule has 0 radical (unpaired) electrons. The second-order valence-corrected chi connectivity index (χ2v) is 4.80. The molecule has 98 valence electrons. The molecule has 2 heterocycles. The van der Waals surface area contributed by atoms with E-state index in [9.17, 15) is 13.6 Å². The van der Waals surface area contributed by atoms with Crippen LogP contribution < -0.4 is 5.32 Å². The first-order valence-electron chi connectivity index (χ1n) is 6.15. The van der Waals surface area contributed by atoms with E-state index < -0.39 is 12.5 Å². The molecule has 0 unspecified atom stereocenters. The van der Waals surface area contributed by atoms with Crippen LogP contribution in [0.3, 0.4) is 0 Å². The first-order chi connectivity index (χ1) is 8.07. The van der Waals surface area contributed by atoms with Crippen LogP contribution in [0.1, 0.15) is 12.8 Å². The maximum Gasteiger partial charge on any atom is 0.265 e. The number of piperidine rings is 1. The van der Waals surface area contributed by atoms with Gasteiger partial charge in [-0.25, -0.2) is 8.78 Å². The smallest absolute Gasteiger partial charge is 0.265 e. The van der Waals surface area contributed by atoms with Crippen LogP contribution >= 0.6 is 0 Å². The zero-order valence-electron chi connectivity index (χ0n) is 9.92. The minimum absolute atomic E-state index is 0.0928. The summed E-state index contributed by atoms with van der Waals surface area (Å²) in [6.07, 6.45) is 0.310. The molecule has 6 heteroatoms. The summed E-state index contributed by atoms with van der Waals surface area (Å²) in [5, 5.41) is 3.19. The minimum atomic E-state index is -2.70. The average Bonchev–Trinajstić information content (AvgIpc) is 2.29. The third-order valence-electron chi connectivity index (χ3n) is 3.31. The molecule has 0 atom stereocenters. The van der Waals surface area contributed by atoms with Gasteiger partial charge in [0.15, 0.2) is 0 Å². The summed E-state index contributed by atoms with van der Waals surface area (Å²) in [6.45, 7) is 3.70. The highest BCUT2D eigenvalue weighted by Crippen LogP contribution is 2.26. The van der Waals surface area contributed by atoms with Crippen molar-refractivity contribution >= 4 is 5.91 Å². The number of likely N-dealkylation sites (tertiary alicyclic amines) is 1. The third kappa shape index (κ3) is 3.61. The lowest BCUT2D eigenvalue weighted by Crippen LogP contribution is -2.52. The molecule has 1 amide bonds. The van der Waals surface area contributed by atoms with Crippen molar-refractivity contribution in [3.05, 3.63) is 0 Å². The number of amides is 1. The fraction of sp³-hybridized carbons (Fsp3) is 0.909. The lowest BCUT2D eigenvalue weighted by atomic mass is 10.1. The lowest BCUT2D eigenvalue weighted by Gasteiger charge is -2.34. The van der Waals surface area contributed by atoms with Crippen molar-refractivity contribution < 1.29 is 13.6 Å². The first-order valence-corrected chi connectivity index (χ1v) is 6.15. The normalized spacial score (nSPS) is 25.9. The monoisotopic (exact) mass is 247 g/mol. The number of alkyl halides is 2. The molecule has 0 aromatic heterocycles. The molecule has 1 N–H and O–H groups in total. The van der Waals surface area contributed by atoms with Crippen LogP contribution in [0.5, 0.6) is 0 Å². The standard InChI is InChI=1S/C11H19F2N3O/c12-11(13)2-1-5-16(9-11)10(17)8-15-6-3-14-4-7-15/h14H,1-9H2. The van der Waals surface area contributed by atoms with Gasteiger partial charge in [-0.05, 0) is 6.42 Å². The van der Waals surface area contributed by atoms with Gasteiger partial charge in [0, 0.05) is 39.1 Å². The summed E-state index contributed by atoms with van der Waals surface area (Å²) >= 11 is 0. The predicted molar refractivity (Wildman–Crippen MR) is 60.1 cm³/mol. The van der Waals surface area contributed by atoms with Crippen molar-refractivity contribution in [2.45, 2.75) is 18.8 Å². The van der Waals surface area contributed by atoms with Crippen LogP contribution in [0.2, 0.25) is 0 Å². The van der Waals surface area contributed by atoms with E-state index in [1.807, 2.05) is 4.90 Å². The Morgan fingerprint density at radius 2 is 1.94 bits per heavy atom. The molecule has 2 aliphatic heterocycles. The molecule has 2 rings (SSSR count). The average molecular weight is 247 g/mol. The maximum absolute atomic E-state index is 13.2. The molecule has 2 fully saturated rings. The van der Waals surface area contributed by atoms with Gasteiger partial charge < -0.3 is 10.2 Å². The molecule has 0 aromatic carbocycles. The molecular formula is C11H19F2N3O. The number of carbonyl (C=O) groups excluding carboxylic acids is 1. The summed E-state index contributed by atoms with van der Waals surface area (Å²) in [5.41, 5.74) is 0. The number of hydrogen-bond acceptors (Lipinski definition) is 3. The van der Waals surface area contributed by atoms with Gasteiger partial charge in [-0.1, -0.05) is 0 Å². The Bertz CT molecular complexity index is 280. The SMILES string of the molecule is O=C(CN1CCNCC1)N1CCCC(F)(F)C1. The van der Waals surface area contributed by atoms with Crippen molar-refractivity contribution in [1.82, 2.24) is 15.1 Å². The number of hydrogen-bond donors (Lipinski definition) is 1. The van der Waals surface area contributed by atoms with E-state index >= 15 is 0 Å². The Kier molecular flexibility index (Phi) is 3.93. The second kappa shape index (κ2) is 5.27. The van der Waals surface area contributed by atoms with E-state index in [0.29, 0.717) is 13.0 Å². The summed E-state index contributed by atoms with van der Waals surface area (Å²) in [5.74, 6) is -2.86. The molecule has 17 heavy (non-hydrogen) atoms. The lowest BCUT2D eigenvalue weighted by molar-refractivity contribution is -0.142. The van der Waals surface area contributed by atoms with E-state index in [-0.39, 0.29) is 18.9 Å². The van der Waals surface area contributed by atoms with E-state index in [4.69, 9.17) is 0 Å². The summed E-state index contributed by atoms with van der Waals surface area (Å²) < 4.78 is 26.4. The molecular weight excluding hydrogens is 228 g/mol. The number of piperazine rings is 1. The van der Waals surface area contributed by atoms with Gasteiger partial charge >= 0.3 is 0 Å². The summed E-state index contributed by atoms with van der Waals surface area (Å²) in [7, 11) is 0. The van der Waals surface area contributed by atoms with Gasteiger partial charge in [0.1, 0.15) is 0 Å². The van der Waals surface area contributed by atoms with E-state index in [1.54, 1.807) is 0 Å². The van der Waals surface area contributed by atoms with E-state index in [2.05, 4.69) is 5.32 Å². The molecule has 0 aliphatic carbocycles. The largest absolute Gasteiger partial charge is 0.336 e. The number of nitrogens with one attached hydrogen (secondary N) is 1. The molecule has 0 spiro atoms. The van der Waals surface area contributed by atoms with E-state index in [0.717, 1.165) is 26.2 Å². The highest BCUT2D eigenvalue weighted by atomic mass is 19.3. The van der Waals surface area contributed by atoms with Crippen LogP contribution in [0.4, 0.5) is 8.78 Å². The van der Waals surface area contributed by atoms with Gasteiger partial charge in [-0.15, -0.1) is 0 Å². The summed E-state index contributed by atoms with van der Waals surface area (Å²) in [6, 6.07) is 0. The Morgan fingerprint density at radius 1 is 1.24 bits per heavy atom. The van der Waals surface area contributed by atoms with Crippen molar-refractivity contribution in [2.24, 2.45) is 0 Å². The fourth-order valence-corrected chi connectivity index (χ4v) is 2.34. The summed E-state index contributed by atoms with van der Waals surface area (Å²) in [4.78, 5) is 15.2. The number of carbonyl (C=O) groups is 1. The first kappa shape index (κ1) is 12.7. The fourth-order valence-electron chi connectivity index (χ4n) is 2.34. The Hall–Kier alpha value is -0.750. The second-order valence-electron chi connectivity index (χ2n) is 4.80. The molecule has 0 bridgehead atoms. The van der Waals surface area contributed by atoms with Crippen LogP contribution in [0.15, 0.2) is 0 Å². The minimum Gasteiger partial charge on any atom is -0.336 e. The van der Waals surface area contributed by atoms with Crippen molar-refractivity contribution in [2.75, 3.05) is 45.8 Å². The van der Waals surface area contributed by atoms with Crippen molar-refractivity contribution in [1.29, 1.82) is 0 Å². The van der Waals surface area contributed by atoms with Crippen LogP contribution in [-0.2, 0) is 4.79 Å². The molecule has 0 aromatic rings. The van der Waals surface area contributed by atoms with Crippen LogP contribution in [0, 0.1) is 0 Å². The third-order valence-corrected chi connectivity index (χ3v) is 3.31. The zero-order chi connectivity index (χ0) is 12.3. The van der Waals surface area contributed by atoms with Gasteiger partial charge in [0.2, 0.25) is 5.91 Å². The Balaban J connectivity index is 1.82. The van der Waals surface area contributed by atoms with Crippen molar-refractivity contribution in [3.63, 3.8) is 0 Å². The highest BCUT2D eigenvalue weighted by molar-refractivity contribution is 5.78. The highest BCUT2D eigenvalue weighted by Gasteiger charge is 2.37. The van der Waals surface area contributed by atoms with Crippen molar-refractivity contribution in [3.8, 4) is 0 Å². The molecule has 0 saturated carbocycles. The van der Waals surface area contributed by atoms with Crippen LogP contribution in [-0.4, -0.2) is 67.4 Å². The van der Waals surface area contributed by atoms with Gasteiger partial charge in [-0.2, -0.15) is 0 Å². The topological polar surface area (TPSA) is 35.6 Å². The van der Waals surface area contributed by atoms with Crippen LogP contribution in [0.25, 0.3) is 0 Å². The zero-order valence-corrected chi connectivity index (χ0v) is 9.92. The predicted octanol–water partition coefficient (Wildman–Crippen LogP) is 0.149. The molecule has 4 nitrogen and oxygen atoms in total. The molecule has 2 aliphatic rings. The molecule has 2 saturated heterocycles. The quantitative estimate of drug-likeness (QED) is 0.754. The van der Waals surface area contributed by atoms with Gasteiger partial charge in [-0.3, -0.25) is 9.69 Å². The van der Waals surface area contributed by atoms with Gasteiger partial charge in [0.25, 0.3) is 5.92 Å². The number of rotatable bonds is 2. The van der Waals surface area contributed by atoms with E-state index in [1.165, 1.54) is 4.90 Å². The Labute approximate surface area is 99.9 Å². The number of nitrogens with zero attached hydrogens (tertiary/aromatic N) is 2. The number of halogens is 2. The van der Waals surface area contributed by atoms with Gasteiger partial charge in [0.05, 0.1) is 13.1 Å².